The third-order valence-corrected chi connectivity index (χ3v) is 3.44. The second-order valence-corrected chi connectivity index (χ2v) is 5.17. The quantitative estimate of drug-likeness (QED) is 0.709. The van der Waals surface area contributed by atoms with Crippen molar-refractivity contribution in [2.75, 3.05) is 0 Å². The molecule has 0 spiro atoms. The Morgan fingerprint density at radius 1 is 1.38 bits per heavy atom. The minimum absolute atomic E-state index is 0.557. The number of rotatable bonds is 1. The number of benzene rings is 1. The van der Waals surface area contributed by atoms with Crippen molar-refractivity contribution in [2.45, 2.75) is 45.1 Å². The highest BCUT2D eigenvalue weighted by molar-refractivity contribution is 5.40. The molecule has 2 rings (SSSR count). The van der Waals surface area contributed by atoms with Crippen LogP contribution < -0.4 is 0 Å². The Hall–Kier alpha value is -1.08. The lowest BCUT2D eigenvalue weighted by atomic mass is 9.74. The van der Waals surface area contributed by atoms with E-state index in [9.17, 15) is 5.11 Å². The zero-order valence-corrected chi connectivity index (χ0v) is 10.3. The molecule has 16 heavy (non-hydrogen) atoms. The number of hydrogen-bond donors (Lipinski definition) is 1. The summed E-state index contributed by atoms with van der Waals surface area (Å²) >= 11 is 0. The molecule has 1 N–H and O–H groups in total. The Kier molecular flexibility index (Phi) is 2.90. The van der Waals surface area contributed by atoms with Gasteiger partial charge in [-0.15, -0.1) is 0 Å². The fourth-order valence-electron chi connectivity index (χ4n) is 2.68. The zero-order chi connectivity index (χ0) is 11.8. The van der Waals surface area contributed by atoms with Crippen LogP contribution in [0.3, 0.4) is 0 Å². The molecule has 0 saturated carbocycles. The molecule has 0 saturated heterocycles. The number of aliphatic hydroxyl groups is 1. The largest absolute Gasteiger partial charge is 0.381 e. The van der Waals surface area contributed by atoms with Gasteiger partial charge in [-0.2, -0.15) is 0 Å². The Morgan fingerprint density at radius 2 is 2.06 bits per heavy atom. The summed E-state index contributed by atoms with van der Waals surface area (Å²) in [7, 11) is 0. The SMILES string of the molecule is CC(C)=CC1(O)CCC(C)c2ccccc21. The van der Waals surface area contributed by atoms with E-state index in [1.807, 2.05) is 26.0 Å². The van der Waals surface area contributed by atoms with Crippen molar-refractivity contribution in [2.24, 2.45) is 0 Å². The van der Waals surface area contributed by atoms with E-state index in [1.54, 1.807) is 0 Å². The highest BCUT2D eigenvalue weighted by Crippen LogP contribution is 2.42. The lowest BCUT2D eigenvalue weighted by Gasteiger charge is -2.35. The Morgan fingerprint density at radius 3 is 2.75 bits per heavy atom. The molecule has 1 heteroatoms. The van der Waals surface area contributed by atoms with Gasteiger partial charge in [-0.3, -0.25) is 0 Å². The molecule has 0 bridgehead atoms. The van der Waals surface area contributed by atoms with Gasteiger partial charge in [0.1, 0.15) is 5.60 Å². The number of allylic oxidation sites excluding steroid dienone is 1. The van der Waals surface area contributed by atoms with Gasteiger partial charge in [-0.25, -0.2) is 0 Å². The molecule has 0 heterocycles. The normalized spacial score (nSPS) is 28.4. The summed E-state index contributed by atoms with van der Waals surface area (Å²) in [5, 5.41) is 10.7. The van der Waals surface area contributed by atoms with Gasteiger partial charge < -0.3 is 5.11 Å². The number of fused-ring (bicyclic) bond motifs is 1. The maximum Gasteiger partial charge on any atom is 0.108 e. The van der Waals surface area contributed by atoms with Crippen LogP contribution in [0.15, 0.2) is 35.9 Å². The van der Waals surface area contributed by atoms with Crippen LogP contribution in [0, 0.1) is 0 Å². The smallest absolute Gasteiger partial charge is 0.108 e. The molecule has 0 aliphatic heterocycles. The first kappa shape index (κ1) is 11.4. The predicted octanol–water partition coefficient (Wildman–Crippen LogP) is 3.74. The van der Waals surface area contributed by atoms with Crippen LogP contribution in [0.25, 0.3) is 0 Å². The van der Waals surface area contributed by atoms with E-state index in [2.05, 4.69) is 25.1 Å². The first-order chi connectivity index (χ1) is 7.53. The summed E-state index contributed by atoms with van der Waals surface area (Å²) in [6, 6.07) is 8.28. The molecule has 1 nitrogen and oxygen atoms in total. The van der Waals surface area contributed by atoms with Crippen molar-refractivity contribution in [1.29, 1.82) is 0 Å². The highest BCUT2D eigenvalue weighted by atomic mass is 16.3. The Balaban J connectivity index is 2.53. The van der Waals surface area contributed by atoms with Gasteiger partial charge in [-0.1, -0.05) is 36.8 Å². The fourth-order valence-corrected chi connectivity index (χ4v) is 2.68. The molecule has 1 aromatic carbocycles. The molecule has 86 valence electrons. The van der Waals surface area contributed by atoms with Gasteiger partial charge in [0.25, 0.3) is 0 Å². The van der Waals surface area contributed by atoms with Gasteiger partial charge in [0.2, 0.25) is 0 Å². The van der Waals surface area contributed by atoms with Crippen molar-refractivity contribution in [3.63, 3.8) is 0 Å². The molecule has 0 aromatic heterocycles. The van der Waals surface area contributed by atoms with Crippen molar-refractivity contribution in [3.8, 4) is 0 Å². The molecule has 2 atom stereocenters. The van der Waals surface area contributed by atoms with E-state index < -0.39 is 5.60 Å². The molecular formula is C15H20O. The summed E-state index contributed by atoms with van der Waals surface area (Å²) in [5.74, 6) is 0.557. The molecule has 0 fully saturated rings. The van der Waals surface area contributed by atoms with Crippen LogP contribution in [0.5, 0.6) is 0 Å². The van der Waals surface area contributed by atoms with Gasteiger partial charge in [0.15, 0.2) is 0 Å². The second-order valence-electron chi connectivity index (χ2n) is 5.17. The average molecular weight is 216 g/mol. The molecule has 1 aromatic rings. The third-order valence-electron chi connectivity index (χ3n) is 3.44. The van der Waals surface area contributed by atoms with E-state index in [0.29, 0.717) is 5.92 Å². The standard InChI is InChI=1S/C15H20O/c1-11(2)10-15(16)9-8-12(3)13-6-4-5-7-14(13)15/h4-7,10,12,16H,8-9H2,1-3H3. The minimum Gasteiger partial charge on any atom is -0.381 e. The van der Waals surface area contributed by atoms with Crippen LogP contribution >= 0.6 is 0 Å². The second kappa shape index (κ2) is 4.06. The van der Waals surface area contributed by atoms with Gasteiger partial charge in [0, 0.05) is 0 Å². The summed E-state index contributed by atoms with van der Waals surface area (Å²) in [6.07, 6.45) is 3.88. The number of hydrogen-bond acceptors (Lipinski definition) is 1. The summed E-state index contributed by atoms with van der Waals surface area (Å²) < 4.78 is 0. The van der Waals surface area contributed by atoms with Crippen molar-refractivity contribution < 1.29 is 5.11 Å². The van der Waals surface area contributed by atoms with Crippen LogP contribution in [0.1, 0.15) is 50.7 Å². The summed E-state index contributed by atoms with van der Waals surface area (Å²) in [6.45, 7) is 6.32. The topological polar surface area (TPSA) is 20.2 Å². The van der Waals surface area contributed by atoms with E-state index in [1.165, 1.54) is 11.1 Å². The average Bonchev–Trinajstić information content (AvgIpc) is 2.24. The zero-order valence-electron chi connectivity index (χ0n) is 10.3. The maximum atomic E-state index is 10.7. The lowest BCUT2D eigenvalue weighted by Crippen LogP contribution is -2.29. The lowest BCUT2D eigenvalue weighted by molar-refractivity contribution is 0.0654. The summed E-state index contributed by atoms with van der Waals surface area (Å²) in [4.78, 5) is 0. The van der Waals surface area contributed by atoms with E-state index in [0.717, 1.165) is 18.4 Å². The Labute approximate surface area is 97.8 Å². The van der Waals surface area contributed by atoms with Crippen LogP contribution in [0.4, 0.5) is 0 Å². The maximum absolute atomic E-state index is 10.7. The van der Waals surface area contributed by atoms with Crippen LogP contribution in [0.2, 0.25) is 0 Å². The van der Waals surface area contributed by atoms with Crippen LogP contribution in [-0.2, 0) is 5.60 Å². The molecular weight excluding hydrogens is 196 g/mol. The van der Waals surface area contributed by atoms with E-state index in [-0.39, 0.29) is 0 Å². The van der Waals surface area contributed by atoms with Gasteiger partial charge >= 0.3 is 0 Å². The minimum atomic E-state index is -0.748. The van der Waals surface area contributed by atoms with Crippen molar-refractivity contribution >= 4 is 0 Å². The fraction of sp³-hybridized carbons (Fsp3) is 0.467. The molecule has 0 radical (unpaired) electrons. The predicted molar refractivity (Wildman–Crippen MR) is 67.4 cm³/mol. The monoisotopic (exact) mass is 216 g/mol. The molecule has 0 amide bonds. The highest BCUT2D eigenvalue weighted by Gasteiger charge is 2.34. The molecule has 1 aliphatic rings. The van der Waals surface area contributed by atoms with E-state index >= 15 is 0 Å². The van der Waals surface area contributed by atoms with Crippen molar-refractivity contribution in [1.82, 2.24) is 0 Å². The Bertz CT molecular complexity index is 415. The molecule has 2 unspecified atom stereocenters. The molecule has 1 aliphatic carbocycles. The summed E-state index contributed by atoms with van der Waals surface area (Å²) in [5.41, 5.74) is 2.82. The van der Waals surface area contributed by atoms with Crippen LogP contribution in [-0.4, -0.2) is 5.11 Å². The first-order valence-corrected chi connectivity index (χ1v) is 6.01. The van der Waals surface area contributed by atoms with Gasteiger partial charge in [0.05, 0.1) is 0 Å². The third kappa shape index (κ3) is 1.92. The van der Waals surface area contributed by atoms with Crippen molar-refractivity contribution in [3.05, 3.63) is 47.0 Å². The first-order valence-electron chi connectivity index (χ1n) is 6.01. The van der Waals surface area contributed by atoms with Gasteiger partial charge in [-0.05, 0) is 49.8 Å². The van der Waals surface area contributed by atoms with E-state index in [4.69, 9.17) is 0 Å².